The van der Waals surface area contributed by atoms with Gasteiger partial charge in [0.2, 0.25) is 0 Å². The summed E-state index contributed by atoms with van der Waals surface area (Å²) >= 11 is 0. The van der Waals surface area contributed by atoms with Gasteiger partial charge in [-0.25, -0.2) is 0 Å². The van der Waals surface area contributed by atoms with E-state index in [1.165, 1.54) is 0 Å². The van der Waals surface area contributed by atoms with Gasteiger partial charge < -0.3 is 10.5 Å². The first-order valence-electron chi connectivity index (χ1n) is 3.93. The number of ether oxygens (including phenoxy) is 1. The van der Waals surface area contributed by atoms with E-state index in [9.17, 15) is 13.2 Å². The fourth-order valence-corrected chi connectivity index (χ4v) is 1.11. The normalized spacial score (nSPS) is 26.5. The van der Waals surface area contributed by atoms with Crippen molar-refractivity contribution in [2.75, 3.05) is 6.61 Å². The van der Waals surface area contributed by atoms with Gasteiger partial charge in [0.1, 0.15) is 0 Å². The maximum Gasteiger partial charge on any atom is 0.389 e. The van der Waals surface area contributed by atoms with Crippen LogP contribution < -0.4 is 5.73 Å². The molecule has 0 aromatic rings. The molecule has 2 atom stereocenters. The van der Waals surface area contributed by atoms with E-state index in [4.69, 9.17) is 10.5 Å². The molecule has 0 spiro atoms. The predicted octanol–water partition coefficient (Wildman–Crippen LogP) is 1.45. The molecular formula is C7H12F3NO. The number of halogens is 3. The summed E-state index contributed by atoms with van der Waals surface area (Å²) in [4.78, 5) is 0. The summed E-state index contributed by atoms with van der Waals surface area (Å²) in [6, 6.07) is -0.458. The third-order valence-corrected chi connectivity index (χ3v) is 1.97. The van der Waals surface area contributed by atoms with Gasteiger partial charge in [0.25, 0.3) is 0 Å². The van der Waals surface area contributed by atoms with Gasteiger partial charge in [-0.3, -0.25) is 0 Å². The summed E-state index contributed by atoms with van der Waals surface area (Å²) in [5.74, 6) is 0. The number of hydrogen-bond donors (Lipinski definition) is 1. The molecular weight excluding hydrogens is 171 g/mol. The second-order valence-electron chi connectivity index (χ2n) is 3.02. The number of hydrogen-bond acceptors (Lipinski definition) is 2. The van der Waals surface area contributed by atoms with Crippen molar-refractivity contribution in [2.45, 2.75) is 37.6 Å². The molecule has 2 N–H and O–H groups in total. The van der Waals surface area contributed by atoms with Gasteiger partial charge in [0.05, 0.1) is 6.10 Å². The predicted molar refractivity (Wildman–Crippen MR) is 37.6 cm³/mol. The minimum absolute atomic E-state index is 0.0336. The van der Waals surface area contributed by atoms with Crippen LogP contribution in [0.3, 0.4) is 0 Å². The van der Waals surface area contributed by atoms with E-state index in [1.54, 1.807) is 0 Å². The van der Waals surface area contributed by atoms with Crippen LogP contribution in [0.2, 0.25) is 0 Å². The molecule has 1 aliphatic rings. The van der Waals surface area contributed by atoms with Crippen molar-refractivity contribution in [1.29, 1.82) is 0 Å². The molecule has 5 heteroatoms. The zero-order chi connectivity index (χ0) is 9.19. The van der Waals surface area contributed by atoms with Crippen molar-refractivity contribution in [1.82, 2.24) is 0 Å². The van der Waals surface area contributed by atoms with E-state index in [1.807, 2.05) is 0 Å². The first-order chi connectivity index (χ1) is 5.49. The van der Waals surface area contributed by atoms with E-state index in [0.717, 1.165) is 6.42 Å². The standard InChI is InChI=1S/C7H12F3NO/c8-7(9,10)3-1-5(11)6-2-4-12-6/h5-6H,1-4,11H2. The Morgan fingerprint density at radius 2 is 2.08 bits per heavy atom. The van der Waals surface area contributed by atoms with Crippen molar-refractivity contribution in [3.05, 3.63) is 0 Å². The Morgan fingerprint density at radius 3 is 2.42 bits per heavy atom. The molecule has 0 amide bonds. The van der Waals surface area contributed by atoms with Crippen LogP contribution >= 0.6 is 0 Å². The van der Waals surface area contributed by atoms with Gasteiger partial charge in [0.15, 0.2) is 0 Å². The fraction of sp³-hybridized carbons (Fsp3) is 1.00. The topological polar surface area (TPSA) is 35.2 Å². The largest absolute Gasteiger partial charge is 0.389 e. The summed E-state index contributed by atoms with van der Waals surface area (Å²) in [5.41, 5.74) is 5.46. The molecule has 0 saturated carbocycles. The average molecular weight is 183 g/mol. The molecule has 0 aromatic heterocycles. The van der Waals surface area contributed by atoms with Gasteiger partial charge in [-0.1, -0.05) is 0 Å². The molecule has 0 aliphatic carbocycles. The van der Waals surface area contributed by atoms with Crippen LogP contribution in [0.1, 0.15) is 19.3 Å². The first-order valence-corrected chi connectivity index (χ1v) is 3.93. The van der Waals surface area contributed by atoms with E-state index in [-0.39, 0.29) is 12.5 Å². The van der Waals surface area contributed by atoms with E-state index < -0.39 is 18.6 Å². The van der Waals surface area contributed by atoms with Crippen LogP contribution in [0.15, 0.2) is 0 Å². The Labute approximate surface area is 68.9 Å². The third-order valence-electron chi connectivity index (χ3n) is 1.97. The minimum atomic E-state index is -4.10. The fourth-order valence-electron chi connectivity index (χ4n) is 1.11. The molecule has 1 saturated heterocycles. The monoisotopic (exact) mass is 183 g/mol. The average Bonchev–Trinajstić information content (AvgIpc) is 1.78. The quantitative estimate of drug-likeness (QED) is 0.718. The summed E-state index contributed by atoms with van der Waals surface area (Å²) in [6.07, 6.45) is -4.30. The van der Waals surface area contributed by atoms with Crippen LogP contribution in [0.25, 0.3) is 0 Å². The SMILES string of the molecule is NC(CCC(F)(F)F)C1CCO1. The lowest BCUT2D eigenvalue weighted by Gasteiger charge is -2.31. The summed E-state index contributed by atoms with van der Waals surface area (Å²) in [6.45, 7) is 0.629. The molecule has 0 radical (unpaired) electrons. The Balaban J connectivity index is 2.13. The van der Waals surface area contributed by atoms with Gasteiger partial charge in [-0.2, -0.15) is 13.2 Å². The molecule has 72 valence electrons. The molecule has 1 fully saturated rings. The minimum Gasteiger partial charge on any atom is -0.376 e. The van der Waals surface area contributed by atoms with Crippen molar-refractivity contribution >= 4 is 0 Å². The molecule has 1 aliphatic heterocycles. The molecule has 2 unspecified atom stereocenters. The molecule has 0 bridgehead atoms. The summed E-state index contributed by atoms with van der Waals surface area (Å²) in [5, 5.41) is 0. The lowest BCUT2D eigenvalue weighted by atomic mass is 10.0. The highest BCUT2D eigenvalue weighted by Gasteiger charge is 2.31. The van der Waals surface area contributed by atoms with Crippen molar-refractivity contribution in [3.63, 3.8) is 0 Å². The zero-order valence-corrected chi connectivity index (χ0v) is 6.60. The van der Waals surface area contributed by atoms with Gasteiger partial charge in [-0.15, -0.1) is 0 Å². The Kier molecular flexibility index (Phi) is 2.95. The maximum atomic E-state index is 11.7. The lowest BCUT2D eigenvalue weighted by molar-refractivity contribution is -0.141. The number of rotatable bonds is 3. The highest BCUT2D eigenvalue weighted by atomic mass is 19.4. The molecule has 1 rings (SSSR count). The highest BCUT2D eigenvalue weighted by Crippen LogP contribution is 2.25. The molecule has 0 aromatic carbocycles. The van der Waals surface area contributed by atoms with Gasteiger partial charge in [-0.05, 0) is 12.8 Å². The van der Waals surface area contributed by atoms with E-state index in [2.05, 4.69) is 0 Å². The van der Waals surface area contributed by atoms with E-state index >= 15 is 0 Å². The zero-order valence-electron chi connectivity index (χ0n) is 6.60. The smallest absolute Gasteiger partial charge is 0.376 e. The Bertz CT molecular complexity index is 144. The Morgan fingerprint density at radius 1 is 1.50 bits per heavy atom. The summed E-state index contributed by atoms with van der Waals surface area (Å²) < 4.78 is 40.1. The van der Waals surface area contributed by atoms with Crippen LogP contribution in [0.5, 0.6) is 0 Å². The van der Waals surface area contributed by atoms with Gasteiger partial charge in [0, 0.05) is 19.1 Å². The highest BCUT2D eigenvalue weighted by molar-refractivity contribution is 4.79. The molecule has 2 nitrogen and oxygen atoms in total. The van der Waals surface area contributed by atoms with Crippen molar-refractivity contribution in [3.8, 4) is 0 Å². The van der Waals surface area contributed by atoms with Crippen molar-refractivity contribution in [2.24, 2.45) is 5.73 Å². The third kappa shape index (κ3) is 2.98. The van der Waals surface area contributed by atoms with Gasteiger partial charge >= 0.3 is 6.18 Å². The molecule has 12 heavy (non-hydrogen) atoms. The van der Waals surface area contributed by atoms with Crippen LogP contribution in [-0.2, 0) is 4.74 Å². The number of alkyl halides is 3. The van der Waals surface area contributed by atoms with Crippen LogP contribution in [0.4, 0.5) is 13.2 Å². The molecule has 1 heterocycles. The maximum absolute atomic E-state index is 11.7. The summed E-state index contributed by atoms with van der Waals surface area (Å²) in [7, 11) is 0. The van der Waals surface area contributed by atoms with E-state index in [0.29, 0.717) is 6.61 Å². The first kappa shape index (κ1) is 9.80. The number of nitrogens with two attached hydrogens (primary N) is 1. The van der Waals surface area contributed by atoms with Crippen LogP contribution in [0, 0.1) is 0 Å². The van der Waals surface area contributed by atoms with Crippen LogP contribution in [-0.4, -0.2) is 24.9 Å². The lowest BCUT2D eigenvalue weighted by Crippen LogP contribution is -2.44. The second-order valence-corrected chi connectivity index (χ2v) is 3.02. The Hall–Kier alpha value is -0.290. The van der Waals surface area contributed by atoms with Crippen molar-refractivity contribution < 1.29 is 17.9 Å². The second kappa shape index (κ2) is 3.62.